The fraction of sp³-hybridized carbons (Fsp3) is 0.391. The van der Waals surface area contributed by atoms with E-state index in [2.05, 4.69) is 5.32 Å². The van der Waals surface area contributed by atoms with Crippen molar-refractivity contribution in [2.75, 3.05) is 5.32 Å². The van der Waals surface area contributed by atoms with Crippen molar-refractivity contribution in [3.05, 3.63) is 63.6 Å². The molecule has 10 heteroatoms. The Kier molecular flexibility index (Phi) is 6.77. The molecule has 3 atom stereocenters. The first kappa shape index (κ1) is 25.3. The number of carbonyl (C=O) groups excluding carboxylic acids is 1. The number of nitrogens with one attached hydrogen (secondary N) is 1. The van der Waals surface area contributed by atoms with Gasteiger partial charge in [0.05, 0.1) is 22.5 Å². The SMILES string of the molecule is C[C@H]([C@H](C(=O)Nc1cc(C(C)(O)C2(C(=O)O)CC2)ccc1Cl)c1ccc(Cl)cc1)C(F)(F)F. The zero-order valence-electron chi connectivity index (χ0n) is 17.7. The molecule has 1 aliphatic rings. The molecule has 178 valence electrons. The van der Waals surface area contributed by atoms with Crippen LogP contribution in [0.25, 0.3) is 0 Å². The summed E-state index contributed by atoms with van der Waals surface area (Å²) in [4.78, 5) is 24.8. The first-order valence-electron chi connectivity index (χ1n) is 10.1. The third kappa shape index (κ3) is 4.83. The van der Waals surface area contributed by atoms with Gasteiger partial charge < -0.3 is 15.5 Å². The first-order chi connectivity index (χ1) is 15.2. The predicted molar refractivity (Wildman–Crippen MR) is 118 cm³/mol. The number of rotatable bonds is 7. The number of carboxylic acid groups (broad SMARTS) is 1. The summed E-state index contributed by atoms with van der Waals surface area (Å²) >= 11 is 12.0. The number of amides is 1. The Bertz CT molecular complexity index is 1070. The van der Waals surface area contributed by atoms with E-state index in [1.165, 1.54) is 49.4 Å². The Morgan fingerprint density at radius 2 is 1.67 bits per heavy atom. The highest BCUT2D eigenvalue weighted by Gasteiger charge is 2.63. The lowest BCUT2D eigenvalue weighted by Crippen LogP contribution is -2.39. The lowest BCUT2D eigenvalue weighted by molar-refractivity contribution is -0.178. The Labute approximate surface area is 198 Å². The lowest BCUT2D eigenvalue weighted by Gasteiger charge is -2.31. The third-order valence-electron chi connectivity index (χ3n) is 6.41. The average Bonchev–Trinajstić information content (AvgIpc) is 3.53. The van der Waals surface area contributed by atoms with E-state index in [-0.39, 0.29) is 34.7 Å². The lowest BCUT2D eigenvalue weighted by atomic mass is 9.79. The van der Waals surface area contributed by atoms with Gasteiger partial charge in [0.1, 0.15) is 11.0 Å². The summed E-state index contributed by atoms with van der Waals surface area (Å²) in [6, 6.07) is 9.56. The maximum absolute atomic E-state index is 13.6. The fourth-order valence-corrected chi connectivity index (χ4v) is 4.26. The molecule has 2 aromatic rings. The van der Waals surface area contributed by atoms with Gasteiger partial charge in [0.15, 0.2) is 0 Å². The fourth-order valence-electron chi connectivity index (χ4n) is 3.97. The Balaban J connectivity index is 1.96. The highest BCUT2D eigenvalue weighted by Crippen LogP contribution is 2.58. The largest absolute Gasteiger partial charge is 0.481 e. The highest BCUT2D eigenvalue weighted by molar-refractivity contribution is 6.33. The van der Waals surface area contributed by atoms with Crippen molar-refractivity contribution in [3.8, 4) is 0 Å². The molecular weight excluding hydrogens is 482 g/mol. The van der Waals surface area contributed by atoms with E-state index in [0.717, 1.165) is 6.92 Å². The number of benzene rings is 2. The monoisotopic (exact) mass is 503 g/mol. The molecule has 1 aliphatic carbocycles. The molecule has 0 aliphatic heterocycles. The van der Waals surface area contributed by atoms with Gasteiger partial charge in [0.2, 0.25) is 5.91 Å². The zero-order valence-corrected chi connectivity index (χ0v) is 19.2. The molecule has 0 spiro atoms. The van der Waals surface area contributed by atoms with E-state index in [0.29, 0.717) is 5.02 Å². The van der Waals surface area contributed by atoms with Crippen molar-refractivity contribution < 1.29 is 33.0 Å². The molecule has 1 unspecified atom stereocenters. The molecule has 33 heavy (non-hydrogen) atoms. The van der Waals surface area contributed by atoms with Gasteiger partial charge >= 0.3 is 12.1 Å². The van der Waals surface area contributed by atoms with Crippen LogP contribution in [0.4, 0.5) is 18.9 Å². The molecule has 3 rings (SSSR count). The van der Waals surface area contributed by atoms with Crippen LogP contribution in [-0.2, 0) is 15.2 Å². The van der Waals surface area contributed by atoms with Crippen LogP contribution in [0, 0.1) is 11.3 Å². The van der Waals surface area contributed by atoms with Crippen molar-refractivity contribution in [2.45, 2.75) is 44.4 Å². The topological polar surface area (TPSA) is 86.6 Å². The van der Waals surface area contributed by atoms with Gasteiger partial charge in [-0.1, -0.05) is 48.3 Å². The minimum absolute atomic E-state index is 0.0255. The summed E-state index contributed by atoms with van der Waals surface area (Å²) < 4.78 is 40.7. The molecule has 1 amide bonds. The number of carboxylic acids is 1. The van der Waals surface area contributed by atoms with Crippen molar-refractivity contribution in [1.29, 1.82) is 0 Å². The molecule has 0 bridgehead atoms. The van der Waals surface area contributed by atoms with Gasteiger partial charge in [-0.25, -0.2) is 0 Å². The second kappa shape index (κ2) is 8.81. The van der Waals surface area contributed by atoms with Gasteiger partial charge in [0, 0.05) is 5.02 Å². The molecule has 0 radical (unpaired) electrons. The maximum atomic E-state index is 13.6. The summed E-state index contributed by atoms with van der Waals surface area (Å²) in [5.41, 5.74) is -2.90. The molecule has 1 saturated carbocycles. The summed E-state index contributed by atoms with van der Waals surface area (Å²) in [7, 11) is 0. The molecule has 0 aromatic heterocycles. The number of halogens is 5. The van der Waals surface area contributed by atoms with Gasteiger partial charge in [-0.05, 0) is 55.2 Å². The number of hydrogen-bond donors (Lipinski definition) is 3. The molecule has 2 aromatic carbocycles. The number of alkyl halides is 3. The van der Waals surface area contributed by atoms with E-state index in [9.17, 15) is 33.0 Å². The minimum Gasteiger partial charge on any atom is -0.481 e. The molecule has 3 N–H and O–H groups in total. The second-order valence-corrected chi connectivity index (χ2v) is 9.35. The Morgan fingerprint density at radius 3 is 2.15 bits per heavy atom. The Hall–Kier alpha value is -2.29. The van der Waals surface area contributed by atoms with Crippen molar-refractivity contribution in [1.82, 2.24) is 0 Å². The number of aliphatic hydroxyl groups is 1. The van der Waals surface area contributed by atoms with Crippen molar-refractivity contribution >= 4 is 40.8 Å². The minimum atomic E-state index is -4.66. The van der Waals surface area contributed by atoms with Crippen molar-refractivity contribution in [3.63, 3.8) is 0 Å². The van der Waals surface area contributed by atoms with Gasteiger partial charge in [-0.15, -0.1) is 0 Å². The third-order valence-corrected chi connectivity index (χ3v) is 6.99. The first-order valence-corrected chi connectivity index (χ1v) is 10.8. The molecule has 0 saturated heterocycles. The van der Waals surface area contributed by atoms with Crippen LogP contribution in [0.2, 0.25) is 10.0 Å². The van der Waals surface area contributed by atoms with Crippen LogP contribution in [-0.4, -0.2) is 28.3 Å². The van der Waals surface area contributed by atoms with Gasteiger partial charge in [0.25, 0.3) is 0 Å². The van der Waals surface area contributed by atoms with E-state index in [1.54, 1.807) is 0 Å². The molecular formula is C23H22Cl2F3NO4. The highest BCUT2D eigenvalue weighted by atomic mass is 35.5. The quantitative estimate of drug-likeness (QED) is 0.433. The van der Waals surface area contributed by atoms with Crippen LogP contribution < -0.4 is 5.32 Å². The molecule has 5 nitrogen and oxygen atoms in total. The van der Waals surface area contributed by atoms with Crippen LogP contribution in [0.5, 0.6) is 0 Å². The number of anilines is 1. The van der Waals surface area contributed by atoms with E-state index in [1.807, 2.05) is 0 Å². The van der Waals surface area contributed by atoms with Gasteiger partial charge in [-0.3, -0.25) is 9.59 Å². The summed E-state index contributed by atoms with van der Waals surface area (Å²) in [5.74, 6) is -5.74. The van der Waals surface area contributed by atoms with E-state index >= 15 is 0 Å². The maximum Gasteiger partial charge on any atom is 0.392 e. The van der Waals surface area contributed by atoms with E-state index in [4.69, 9.17) is 23.2 Å². The van der Waals surface area contributed by atoms with Crippen LogP contribution >= 0.6 is 23.2 Å². The standard InChI is InChI=1S/C23H22Cl2F3NO4/c1-12(23(26,27)28)18(13-3-6-15(24)7-4-13)19(30)29-17-11-14(5-8-16(17)25)21(2,33)22(9-10-22)20(31)32/h3-8,11-12,18,33H,9-10H2,1-2H3,(H,29,30)(H,31,32)/t12-,18+,21?/m1/s1. The average molecular weight is 504 g/mol. The summed E-state index contributed by atoms with van der Waals surface area (Å²) in [6.45, 7) is 2.26. The van der Waals surface area contributed by atoms with Gasteiger partial charge in [-0.2, -0.15) is 13.2 Å². The summed E-state index contributed by atoms with van der Waals surface area (Å²) in [5, 5.41) is 23.3. The molecule has 1 fully saturated rings. The van der Waals surface area contributed by atoms with Crippen LogP contribution in [0.15, 0.2) is 42.5 Å². The predicted octanol–water partition coefficient (Wildman–Crippen LogP) is 5.99. The van der Waals surface area contributed by atoms with E-state index < -0.39 is 40.9 Å². The zero-order chi connectivity index (χ0) is 24.8. The number of carbonyl (C=O) groups is 2. The number of aliphatic carboxylic acids is 1. The Morgan fingerprint density at radius 1 is 1.09 bits per heavy atom. The second-order valence-electron chi connectivity index (χ2n) is 8.50. The number of hydrogen-bond acceptors (Lipinski definition) is 3. The van der Waals surface area contributed by atoms with Crippen molar-refractivity contribution in [2.24, 2.45) is 11.3 Å². The van der Waals surface area contributed by atoms with Crippen LogP contribution in [0.3, 0.4) is 0 Å². The molecule has 0 heterocycles. The normalized spacial score (nSPS) is 18.7. The van der Waals surface area contributed by atoms with Crippen LogP contribution in [0.1, 0.15) is 43.7 Å². The summed E-state index contributed by atoms with van der Waals surface area (Å²) in [6.07, 6.45) is -4.13. The smallest absolute Gasteiger partial charge is 0.392 e.